The maximum absolute atomic E-state index is 13.0. The van der Waals surface area contributed by atoms with Crippen LogP contribution < -0.4 is 5.32 Å². The summed E-state index contributed by atoms with van der Waals surface area (Å²) in [4.78, 5) is 20.4. The third kappa shape index (κ3) is 4.99. The molecule has 0 bridgehead atoms. The predicted octanol–water partition coefficient (Wildman–Crippen LogP) is 5.69. The molecule has 1 amide bonds. The third-order valence-corrected chi connectivity index (χ3v) is 7.34. The van der Waals surface area contributed by atoms with Gasteiger partial charge in [0.1, 0.15) is 0 Å². The molecule has 0 radical (unpaired) electrons. The Morgan fingerprint density at radius 2 is 2.06 bits per heavy atom. The fourth-order valence-electron chi connectivity index (χ4n) is 4.63. The number of fused-ring (bicyclic) bond motifs is 2. The van der Waals surface area contributed by atoms with Crippen molar-refractivity contribution in [2.45, 2.75) is 58.9 Å². The summed E-state index contributed by atoms with van der Waals surface area (Å²) >= 11 is 1.74. The molecule has 4 nitrogen and oxygen atoms in total. The van der Waals surface area contributed by atoms with Gasteiger partial charge in [-0.05, 0) is 81.1 Å². The molecule has 1 unspecified atom stereocenters. The van der Waals surface area contributed by atoms with E-state index in [4.69, 9.17) is 4.98 Å². The summed E-state index contributed by atoms with van der Waals surface area (Å²) in [5, 5.41) is 4.43. The van der Waals surface area contributed by atoms with Crippen molar-refractivity contribution in [3.8, 4) is 0 Å². The van der Waals surface area contributed by atoms with E-state index in [0.717, 1.165) is 60.1 Å². The number of aromatic nitrogens is 1. The van der Waals surface area contributed by atoms with Crippen LogP contribution in [0.25, 0.3) is 10.2 Å². The van der Waals surface area contributed by atoms with E-state index >= 15 is 0 Å². The second kappa shape index (κ2) is 9.92. The molecule has 0 fully saturated rings. The summed E-state index contributed by atoms with van der Waals surface area (Å²) in [6.07, 6.45) is 5.33. The average Bonchev–Trinajstić information content (AvgIpc) is 3.37. The van der Waals surface area contributed by atoms with Crippen molar-refractivity contribution in [2.75, 3.05) is 19.6 Å². The number of nitrogens with one attached hydrogen (secondary N) is 1. The average molecular weight is 436 g/mol. The van der Waals surface area contributed by atoms with Gasteiger partial charge in [-0.1, -0.05) is 38.1 Å². The Morgan fingerprint density at radius 1 is 1.23 bits per heavy atom. The molecular formula is C26H33N3OS. The van der Waals surface area contributed by atoms with Crippen molar-refractivity contribution >= 4 is 27.5 Å². The summed E-state index contributed by atoms with van der Waals surface area (Å²) in [6, 6.07) is 12.6. The van der Waals surface area contributed by atoms with E-state index in [2.05, 4.69) is 55.3 Å². The zero-order valence-corrected chi connectivity index (χ0v) is 19.7. The molecule has 5 heteroatoms. The predicted molar refractivity (Wildman–Crippen MR) is 130 cm³/mol. The lowest BCUT2D eigenvalue weighted by Gasteiger charge is -2.18. The molecule has 1 aromatic heterocycles. The minimum atomic E-state index is 0.0137. The lowest BCUT2D eigenvalue weighted by atomic mass is 10.1. The summed E-state index contributed by atoms with van der Waals surface area (Å²) in [6.45, 7) is 9.92. The molecule has 4 rings (SSSR count). The van der Waals surface area contributed by atoms with Gasteiger partial charge < -0.3 is 10.2 Å². The summed E-state index contributed by atoms with van der Waals surface area (Å²) < 4.78 is 1.12. The van der Waals surface area contributed by atoms with Gasteiger partial charge >= 0.3 is 0 Å². The van der Waals surface area contributed by atoms with Crippen LogP contribution in [0.2, 0.25) is 0 Å². The standard InChI is InChI=1S/C26H33N3OS/c1-4-14-29(5-2)15-8-11-24-28-25-18(3)16-20(17-23(25)31-24)26(30)27-22-13-12-19-9-6-7-10-21(19)22/h6-7,9-10,16-17,22H,4-5,8,11-15H2,1-3H3,(H,27,30). The van der Waals surface area contributed by atoms with E-state index < -0.39 is 0 Å². The first-order valence-electron chi connectivity index (χ1n) is 11.6. The maximum Gasteiger partial charge on any atom is 0.251 e. The lowest BCUT2D eigenvalue weighted by molar-refractivity contribution is 0.0937. The Labute approximate surface area is 189 Å². The number of rotatable bonds is 9. The number of aryl methyl sites for hydroxylation is 3. The summed E-state index contributed by atoms with van der Waals surface area (Å²) in [5.74, 6) is 0.0137. The largest absolute Gasteiger partial charge is 0.345 e. The zero-order valence-electron chi connectivity index (χ0n) is 18.9. The van der Waals surface area contributed by atoms with Crippen LogP contribution in [0.1, 0.15) is 71.2 Å². The van der Waals surface area contributed by atoms with Gasteiger partial charge in [0.15, 0.2) is 0 Å². The summed E-state index contributed by atoms with van der Waals surface area (Å²) in [5.41, 5.74) is 5.48. The van der Waals surface area contributed by atoms with E-state index in [1.54, 1.807) is 11.3 Å². The highest BCUT2D eigenvalue weighted by Gasteiger charge is 2.24. The number of carbonyl (C=O) groups excluding carboxylic acids is 1. The number of carbonyl (C=O) groups is 1. The first-order chi connectivity index (χ1) is 15.1. The SMILES string of the molecule is CCCN(CC)CCCc1nc2c(C)cc(C(=O)NC3CCc4ccccc43)cc2s1. The van der Waals surface area contributed by atoms with Crippen LogP contribution in [-0.2, 0) is 12.8 Å². The molecule has 2 aromatic carbocycles. The van der Waals surface area contributed by atoms with Crippen molar-refractivity contribution in [3.05, 3.63) is 63.7 Å². The van der Waals surface area contributed by atoms with Crippen molar-refractivity contribution in [3.63, 3.8) is 0 Å². The van der Waals surface area contributed by atoms with Crippen LogP contribution >= 0.6 is 11.3 Å². The quantitative estimate of drug-likeness (QED) is 0.470. The number of hydrogen-bond acceptors (Lipinski definition) is 4. The van der Waals surface area contributed by atoms with E-state index in [0.29, 0.717) is 0 Å². The molecule has 1 N–H and O–H groups in total. The molecule has 31 heavy (non-hydrogen) atoms. The van der Waals surface area contributed by atoms with Crippen LogP contribution in [0.4, 0.5) is 0 Å². The van der Waals surface area contributed by atoms with Gasteiger partial charge in [0.05, 0.1) is 21.3 Å². The third-order valence-electron chi connectivity index (χ3n) is 6.28. The molecule has 1 aliphatic rings. The van der Waals surface area contributed by atoms with Crippen molar-refractivity contribution < 1.29 is 4.79 Å². The number of hydrogen-bond donors (Lipinski definition) is 1. The van der Waals surface area contributed by atoms with Gasteiger partial charge in [-0.3, -0.25) is 4.79 Å². The molecule has 1 atom stereocenters. The monoisotopic (exact) mass is 435 g/mol. The minimum absolute atomic E-state index is 0.0137. The zero-order chi connectivity index (χ0) is 21.8. The Hall–Kier alpha value is -2.24. The van der Waals surface area contributed by atoms with Crippen LogP contribution in [-0.4, -0.2) is 35.4 Å². The van der Waals surface area contributed by atoms with Crippen LogP contribution in [0.3, 0.4) is 0 Å². The Morgan fingerprint density at radius 3 is 2.87 bits per heavy atom. The lowest BCUT2D eigenvalue weighted by Crippen LogP contribution is -2.27. The van der Waals surface area contributed by atoms with Crippen LogP contribution in [0.15, 0.2) is 36.4 Å². The fourth-order valence-corrected chi connectivity index (χ4v) is 5.75. The maximum atomic E-state index is 13.0. The van der Waals surface area contributed by atoms with Gasteiger partial charge in [0.2, 0.25) is 0 Å². The van der Waals surface area contributed by atoms with Gasteiger partial charge in [-0.15, -0.1) is 11.3 Å². The number of benzene rings is 2. The number of amides is 1. The molecule has 0 spiro atoms. The molecule has 0 saturated heterocycles. The van der Waals surface area contributed by atoms with Gasteiger partial charge in [0, 0.05) is 12.0 Å². The highest BCUT2D eigenvalue weighted by molar-refractivity contribution is 7.18. The van der Waals surface area contributed by atoms with E-state index in [1.165, 1.54) is 29.1 Å². The van der Waals surface area contributed by atoms with Crippen molar-refractivity contribution in [2.24, 2.45) is 0 Å². The van der Waals surface area contributed by atoms with E-state index in [9.17, 15) is 4.79 Å². The van der Waals surface area contributed by atoms with Gasteiger partial charge in [-0.2, -0.15) is 0 Å². The Bertz CT molecular complexity index is 1060. The number of nitrogens with zero attached hydrogens (tertiary/aromatic N) is 2. The fraction of sp³-hybridized carbons (Fsp3) is 0.462. The highest BCUT2D eigenvalue weighted by Crippen LogP contribution is 2.32. The number of thiazole rings is 1. The van der Waals surface area contributed by atoms with Crippen molar-refractivity contribution in [1.82, 2.24) is 15.2 Å². The van der Waals surface area contributed by atoms with Gasteiger partial charge in [-0.25, -0.2) is 4.98 Å². The Kier molecular flexibility index (Phi) is 7.03. The first-order valence-corrected chi connectivity index (χ1v) is 12.4. The molecule has 1 aliphatic carbocycles. The second-order valence-corrected chi connectivity index (χ2v) is 9.66. The topological polar surface area (TPSA) is 45.2 Å². The molecule has 0 aliphatic heterocycles. The molecule has 1 heterocycles. The molecule has 0 saturated carbocycles. The van der Waals surface area contributed by atoms with Gasteiger partial charge in [0.25, 0.3) is 5.91 Å². The minimum Gasteiger partial charge on any atom is -0.345 e. The van der Waals surface area contributed by atoms with E-state index in [-0.39, 0.29) is 11.9 Å². The second-order valence-electron chi connectivity index (χ2n) is 8.55. The Balaban J connectivity index is 1.44. The molecule has 164 valence electrons. The molecule has 3 aromatic rings. The normalized spacial score (nSPS) is 15.5. The molecular weight excluding hydrogens is 402 g/mol. The van der Waals surface area contributed by atoms with E-state index in [1.807, 2.05) is 12.1 Å². The summed E-state index contributed by atoms with van der Waals surface area (Å²) in [7, 11) is 0. The highest BCUT2D eigenvalue weighted by atomic mass is 32.1. The van der Waals surface area contributed by atoms with Crippen LogP contribution in [0.5, 0.6) is 0 Å². The smallest absolute Gasteiger partial charge is 0.251 e. The van der Waals surface area contributed by atoms with Crippen LogP contribution in [0, 0.1) is 6.92 Å². The first kappa shape index (κ1) is 22.0. The van der Waals surface area contributed by atoms with Crippen molar-refractivity contribution in [1.29, 1.82) is 0 Å².